The van der Waals surface area contributed by atoms with Crippen LogP contribution in [0.5, 0.6) is 0 Å². The van der Waals surface area contributed by atoms with E-state index in [9.17, 15) is 14.4 Å². The van der Waals surface area contributed by atoms with Crippen LogP contribution in [0.3, 0.4) is 0 Å². The summed E-state index contributed by atoms with van der Waals surface area (Å²) in [6.45, 7) is 0.285. The molecule has 1 aromatic heterocycles. The van der Waals surface area contributed by atoms with Crippen LogP contribution in [0.4, 0.5) is 0 Å². The van der Waals surface area contributed by atoms with Gasteiger partial charge in [0.25, 0.3) is 5.56 Å². The number of amides is 1. The molecule has 1 amide bonds. The minimum absolute atomic E-state index is 0.0722. The van der Waals surface area contributed by atoms with Crippen molar-refractivity contribution in [2.24, 2.45) is 17.3 Å². The summed E-state index contributed by atoms with van der Waals surface area (Å²) in [6, 6.07) is 7.21. The highest BCUT2D eigenvalue weighted by molar-refractivity contribution is 5.80. The molecule has 0 aliphatic heterocycles. The van der Waals surface area contributed by atoms with E-state index in [0.717, 1.165) is 32.1 Å². The summed E-state index contributed by atoms with van der Waals surface area (Å²) in [5, 5.41) is 3.83. The van der Waals surface area contributed by atoms with E-state index in [1.165, 1.54) is 18.0 Å². The average molecular weight is 409 g/mol. The zero-order chi connectivity index (χ0) is 20.9. The number of para-hydroxylation sites is 1. The Hall–Kier alpha value is -2.70. The maximum Gasteiger partial charge on any atom is 0.311 e. The van der Waals surface area contributed by atoms with Gasteiger partial charge in [-0.1, -0.05) is 12.1 Å². The Kier molecular flexibility index (Phi) is 4.45. The Balaban J connectivity index is 1.30. The van der Waals surface area contributed by atoms with Crippen LogP contribution in [0.1, 0.15) is 44.9 Å². The highest BCUT2D eigenvalue weighted by Crippen LogP contribution is 2.62. The van der Waals surface area contributed by atoms with Gasteiger partial charge in [0.2, 0.25) is 5.91 Å². The van der Waals surface area contributed by atoms with Gasteiger partial charge >= 0.3 is 5.97 Å². The van der Waals surface area contributed by atoms with E-state index in [1.807, 2.05) is 12.1 Å². The molecule has 4 bridgehead atoms. The fourth-order valence-electron chi connectivity index (χ4n) is 6.71. The van der Waals surface area contributed by atoms with E-state index in [2.05, 4.69) is 10.3 Å². The monoisotopic (exact) mass is 409 g/mol. The van der Waals surface area contributed by atoms with Gasteiger partial charge in [0.15, 0.2) is 0 Å². The first-order valence-electron chi connectivity index (χ1n) is 10.8. The van der Waals surface area contributed by atoms with Crippen molar-refractivity contribution in [2.45, 2.75) is 57.0 Å². The predicted molar refractivity (Wildman–Crippen MR) is 111 cm³/mol. The molecule has 4 aliphatic rings. The zero-order valence-electron chi connectivity index (χ0n) is 17.2. The number of aromatic nitrogens is 2. The smallest absolute Gasteiger partial charge is 0.311 e. The molecule has 6 rings (SSSR count). The SMILES string of the molecule is COC(=O)C12C[C@H]3C[C@@H](CC(NC(=O)CCn4cnc5ccccc5c4=O)(C3)C1)C2. The molecule has 1 N–H and O–H groups in total. The first kappa shape index (κ1) is 19.3. The van der Waals surface area contributed by atoms with Crippen LogP contribution < -0.4 is 10.9 Å². The van der Waals surface area contributed by atoms with Gasteiger partial charge in [0.1, 0.15) is 0 Å². The lowest BCUT2D eigenvalue weighted by atomic mass is 9.47. The Morgan fingerprint density at radius 2 is 1.93 bits per heavy atom. The lowest BCUT2D eigenvalue weighted by Gasteiger charge is -2.60. The lowest BCUT2D eigenvalue weighted by molar-refractivity contribution is -0.173. The number of hydrogen-bond donors (Lipinski definition) is 1. The van der Waals surface area contributed by atoms with Crippen LogP contribution in [-0.4, -0.2) is 34.1 Å². The number of fused-ring (bicyclic) bond motifs is 1. The number of esters is 1. The second kappa shape index (κ2) is 6.93. The van der Waals surface area contributed by atoms with E-state index in [0.29, 0.717) is 29.2 Å². The number of nitrogens with one attached hydrogen (secondary N) is 1. The van der Waals surface area contributed by atoms with Gasteiger partial charge in [-0.25, -0.2) is 4.98 Å². The second-order valence-electron chi connectivity index (χ2n) is 9.57. The van der Waals surface area contributed by atoms with Gasteiger partial charge in [0, 0.05) is 18.5 Å². The van der Waals surface area contributed by atoms with Gasteiger partial charge in [-0.15, -0.1) is 0 Å². The third kappa shape index (κ3) is 3.11. The number of ether oxygens (including phenoxy) is 1. The first-order chi connectivity index (χ1) is 14.4. The predicted octanol–water partition coefficient (Wildman–Crippen LogP) is 2.41. The topological polar surface area (TPSA) is 90.3 Å². The fourth-order valence-corrected chi connectivity index (χ4v) is 6.71. The van der Waals surface area contributed by atoms with Crippen LogP contribution in [0, 0.1) is 17.3 Å². The maximum atomic E-state index is 12.9. The van der Waals surface area contributed by atoms with Crippen LogP contribution in [0.15, 0.2) is 35.4 Å². The molecule has 1 aromatic carbocycles. The molecule has 2 aromatic rings. The number of methoxy groups -OCH3 is 1. The Morgan fingerprint density at radius 3 is 2.67 bits per heavy atom. The van der Waals surface area contributed by atoms with Crippen molar-refractivity contribution in [1.29, 1.82) is 0 Å². The summed E-state index contributed by atoms with van der Waals surface area (Å²) in [7, 11) is 1.46. The zero-order valence-corrected chi connectivity index (χ0v) is 17.2. The quantitative estimate of drug-likeness (QED) is 0.766. The molecule has 30 heavy (non-hydrogen) atoms. The van der Waals surface area contributed by atoms with E-state index in [-0.39, 0.29) is 35.9 Å². The van der Waals surface area contributed by atoms with E-state index >= 15 is 0 Å². The minimum atomic E-state index is -0.439. The number of carbonyl (C=O) groups is 2. The number of benzene rings is 1. The molecule has 2 atom stereocenters. The van der Waals surface area contributed by atoms with Crippen molar-refractivity contribution in [3.05, 3.63) is 40.9 Å². The van der Waals surface area contributed by atoms with E-state index in [4.69, 9.17) is 4.74 Å². The molecular formula is C23H27N3O4. The normalized spacial score (nSPS) is 31.6. The summed E-state index contributed by atoms with van der Waals surface area (Å²) in [4.78, 5) is 42.4. The maximum absolute atomic E-state index is 12.9. The van der Waals surface area contributed by atoms with Crippen molar-refractivity contribution in [1.82, 2.24) is 14.9 Å². The van der Waals surface area contributed by atoms with Crippen LogP contribution >= 0.6 is 0 Å². The van der Waals surface area contributed by atoms with Crippen LogP contribution in [0.2, 0.25) is 0 Å². The molecule has 4 fully saturated rings. The van der Waals surface area contributed by atoms with E-state index < -0.39 is 5.41 Å². The Morgan fingerprint density at radius 1 is 1.20 bits per heavy atom. The number of hydrogen-bond acceptors (Lipinski definition) is 5. The summed E-state index contributed by atoms with van der Waals surface area (Å²) in [5.74, 6) is 0.747. The Labute approximate surface area is 174 Å². The standard InChI is InChI=1S/C23H27N3O4/c1-30-21(29)22-9-15-8-16(10-22)12-23(11-15,13-22)25-19(27)6-7-26-14-24-18-5-3-2-4-17(18)20(26)28/h2-5,14-16H,6-13H2,1H3,(H,25,27)/t15-,16-,22?,23?/m1/s1. The largest absolute Gasteiger partial charge is 0.469 e. The molecule has 0 spiro atoms. The lowest BCUT2D eigenvalue weighted by Crippen LogP contribution is -2.65. The van der Waals surface area contributed by atoms with Crippen LogP contribution in [-0.2, 0) is 20.9 Å². The molecule has 0 unspecified atom stereocenters. The molecule has 7 heteroatoms. The number of nitrogens with zero attached hydrogens (tertiary/aromatic N) is 2. The summed E-state index contributed by atoms with van der Waals surface area (Å²) in [6.07, 6.45) is 7.17. The molecular weight excluding hydrogens is 382 g/mol. The second-order valence-corrected chi connectivity index (χ2v) is 9.57. The summed E-state index contributed by atoms with van der Waals surface area (Å²) < 4.78 is 6.64. The van der Waals surface area contributed by atoms with Crippen molar-refractivity contribution in [3.63, 3.8) is 0 Å². The van der Waals surface area contributed by atoms with Crippen molar-refractivity contribution in [2.75, 3.05) is 7.11 Å². The van der Waals surface area contributed by atoms with Gasteiger partial charge in [0.05, 0.1) is 29.8 Å². The minimum Gasteiger partial charge on any atom is -0.469 e. The molecule has 1 heterocycles. The molecule has 7 nitrogen and oxygen atoms in total. The summed E-state index contributed by atoms with van der Waals surface area (Å²) >= 11 is 0. The van der Waals surface area contributed by atoms with Crippen molar-refractivity contribution >= 4 is 22.8 Å². The number of aryl methyl sites for hydroxylation is 1. The highest BCUT2D eigenvalue weighted by Gasteiger charge is 2.61. The van der Waals surface area contributed by atoms with Crippen molar-refractivity contribution < 1.29 is 14.3 Å². The molecule has 0 radical (unpaired) electrons. The average Bonchev–Trinajstić information content (AvgIpc) is 2.71. The van der Waals surface area contributed by atoms with Gasteiger partial charge in [-0.05, 0) is 62.5 Å². The van der Waals surface area contributed by atoms with Gasteiger partial charge in [-0.2, -0.15) is 0 Å². The number of carbonyl (C=O) groups excluding carboxylic acids is 2. The Bertz CT molecular complexity index is 1060. The third-order valence-electron chi connectivity index (χ3n) is 7.40. The van der Waals surface area contributed by atoms with Crippen molar-refractivity contribution in [3.8, 4) is 0 Å². The fraction of sp³-hybridized carbons (Fsp3) is 0.565. The summed E-state index contributed by atoms with van der Waals surface area (Å²) in [5.41, 5.74) is -0.231. The van der Waals surface area contributed by atoms with Crippen LogP contribution in [0.25, 0.3) is 10.9 Å². The van der Waals surface area contributed by atoms with Gasteiger partial charge in [-0.3, -0.25) is 19.0 Å². The van der Waals surface area contributed by atoms with Gasteiger partial charge < -0.3 is 10.1 Å². The van der Waals surface area contributed by atoms with E-state index in [1.54, 1.807) is 12.1 Å². The first-order valence-corrected chi connectivity index (χ1v) is 10.8. The molecule has 158 valence electrons. The third-order valence-corrected chi connectivity index (χ3v) is 7.40. The number of rotatable bonds is 5. The molecule has 4 saturated carbocycles. The highest BCUT2D eigenvalue weighted by atomic mass is 16.5. The molecule has 4 aliphatic carbocycles. The molecule has 0 saturated heterocycles.